The number of hydrogen-bond acceptors (Lipinski definition) is 7. The van der Waals surface area contributed by atoms with Crippen molar-refractivity contribution in [2.24, 2.45) is 5.92 Å². The molecule has 4 unspecified atom stereocenters. The van der Waals surface area contributed by atoms with Crippen molar-refractivity contribution < 1.29 is 34.0 Å². The Morgan fingerprint density at radius 3 is 2.10 bits per heavy atom. The number of aliphatic hydroxyl groups is 1. The molecule has 6 rings (SSSR count). The minimum absolute atomic E-state index is 0.0457. The summed E-state index contributed by atoms with van der Waals surface area (Å²) in [5.74, 6) is 0.909. The quantitative estimate of drug-likeness (QED) is 0.0960. The zero-order valence-electron chi connectivity index (χ0n) is 27.4. The number of anilines is 1. The summed E-state index contributed by atoms with van der Waals surface area (Å²) in [7, 11) is 0. The highest BCUT2D eigenvalue weighted by molar-refractivity contribution is 7.99. The molecule has 1 heterocycles. The molecule has 4 N–H and O–H groups in total. The molecule has 10 heteroatoms. The van der Waals surface area contributed by atoms with Crippen LogP contribution in [0, 0.1) is 5.92 Å². The van der Waals surface area contributed by atoms with Gasteiger partial charge in [-0.25, -0.2) is 9.59 Å². The molecular formula is C40H38N2O7S. The molecule has 0 aromatic heterocycles. The van der Waals surface area contributed by atoms with E-state index in [1.807, 2.05) is 91.0 Å². The third-order valence-corrected chi connectivity index (χ3v) is 9.60. The van der Waals surface area contributed by atoms with Gasteiger partial charge in [0.15, 0.2) is 6.29 Å². The summed E-state index contributed by atoms with van der Waals surface area (Å²) in [5.41, 5.74) is 4.39. The van der Waals surface area contributed by atoms with E-state index in [2.05, 4.69) is 17.6 Å². The molecule has 0 bridgehead atoms. The lowest BCUT2D eigenvalue weighted by atomic mass is 9.91. The fraction of sp³-hybridized carbons (Fsp3) is 0.200. The predicted molar refractivity (Wildman–Crippen MR) is 192 cm³/mol. The first-order valence-corrected chi connectivity index (χ1v) is 17.3. The third-order valence-electron chi connectivity index (χ3n) is 8.44. The lowest BCUT2D eigenvalue weighted by Gasteiger charge is -2.41. The number of rotatable bonds is 12. The van der Waals surface area contributed by atoms with Gasteiger partial charge in [-0.05, 0) is 65.2 Å². The molecule has 256 valence electrons. The van der Waals surface area contributed by atoms with Crippen molar-refractivity contribution in [2.75, 3.05) is 11.1 Å². The second kappa shape index (κ2) is 16.5. The van der Waals surface area contributed by atoms with Crippen molar-refractivity contribution in [1.29, 1.82) is 0 Å². The van der Waals surface area contributed by atoms with Crippen LogP contribution in [0.5, 0.6) is 11.5 Å². The monoisotopic (exact) mass is 690 g/mol. The Balaban J connectivity index is 1.09. The number of amides is 2. The van der Waals surface area contributed by atoms with Crippen LogP contribution in [0.25, 0.3) is 0 Å². The van der Waals surface area contributed by atoms with E-state index in [-0.39, 0.29) is 36.3 Å². The molecule has 1 aliphatic heterocycles. The van der Waals surface area contributed by atoms with Crippen LogP contribution in [-0.2, 0) is 22.6 Å². The van der Waals surface area contributed by atoms with Crippen molar-refractivity contribution in [1.82, 2.24) is 5.32 Å². The van der Waals surface area contributed by atoms with E-state index in [0.29, 0.717) is 28.6 Å². The number of benzene rings is 5. The summed E-state index contributed by atoms with van der Waals surface area (Å²) < 4.78 is 18.9. The van der Waals surface area contributed by atoms with Gasteiger partial charge in [0.25, 0.3) is 0 Å². The van der Waals surface area contributed by atoms with Gasteiger partial charge in [-0.1, -0.05) is 85.8 Å². The Morgan fingerprint density at radius 2 is 1.40 bits per heavy atom. The number of para-hydroxylation sites is 1. The standard InChI is InChI=1S/C40H38N2O7S/c1-26-35(25-50-36-10-6-5-9-34(36)38(44)45)48-39(49-37(26)29-15-13-28(24-43)14-16-29)30-17-11-27(12-18-30)23-41-40(46)42-31-19-21-33(22-20-31)47-32-7-3-2-4-8-32/h2-22,26,35,37,39,43H,23-25H2,1H3,(H,44,45)(H2,41,42,46). The molecule has 5 aromatic rings. The van der Waals surface area contributed by atoms with Gasteiger partial charge < -0.3 is 35.1 Å². The molecule has 2 amide bonds. The Hall–Kier alpha value is -5.13. The van der Waals surface area contributed by atoms with E-state index in [1.165, 1.54) is 11.8 Å². The Labute approximate surface area is 295 Å². The summed E-state index contributed by atoms with van der Waals surface area (Å²) in [4.78, 5) is 25.1. The topological polar surface area (TPSA) is 126 Å². The Bertz CT molecular complexity index is 1870. The minimum Gasteiger partial charge on any atom is -0.478 e. The average molecular weight is 691 g/mol. The number of carboxylic acids is 1. The molecule has 0 saturated carbocycles. The largest absolute Gasteiger partial charge is 0.478 e. The third kappa shape index (κ3) is 8.90. The molecule has 50 heavy (non-hydrogen) atoms. The second-order valence-corrected chi connectivity index (χ2v) is 13.0. The maximum atomic E-state index is 12.6. The maximum Gasteiger partial charge on any atom is 0.336 e. The molecule has 5 aromatic carbocycles. The van der Waals surface area contributed by atoms with Crippen LogP contribution in [0.15, 0.2) is 132 Å². The van der Waals surface area contributed by atoms with Crippen molar-refractivity contribution in [2.45, 2.75) is 43.5 Å². The van der Waals surface area contributed by atoms with Gasteiger partial charge in [-0.15, -0.1) is 11.8 Å². The van der Waals surface area contributed by atoms with E-state index < -0.39 is 12.3 Å². The van der Waals surface area contributed by atoms with Crippen molar-refractivity contribution in [3.63, 3.8) is 0 Å². The molecular weight excluding hydrogens is 653 g/mol. The van der Waals surface area contributed by atoms with Gasteiger partial charge in [0, 0.05) is 34.4 Å². The number of urea groups is 1. The zero-order valence-corrected chi connectivity index (χ0v) is 28.2. The number of carbonyl (C=O) groups excluding carboxylic acids is 1. The first-order chi connectivity index (χ1) is 24.4. The van der Waals surface area contributed by atoms with Crippen LogP contribution in [-0.4, -0.2) is 34.1 Å². The zero-order chi connectivity index (χ0) is 34.9. The Morgan fingerprint density at radius 1 is 0.760 bits per heavy atom. The number of nitrogens with one attached hydrogen (secondary N) is 2. The normalized spacial score (nSPS) is 18.6. The average Bonchev–Trinajstić information content (AvgIpc) is 3.15. The summed E-state index contributed by atoms with van der Waals surface area (Å²) in [6.07, 6.45) is -1.23. The SMILES string of the molecule is CC1C(CSc2ccccc2C(=O)O)OC(c2ccc(CNC(=O)Nc3ccc(Oc4ccccc4)cc3)cc2)OC1c1ccc(CO)cc1. The van der Waals surface area contributed by atoms with E-state index in [0.717, 1.165) is 28.0 Å². The van der Waals surface area contributed by atoms with Crippen LogP contribution < -0.4 is 15.4 Å². The van der Waals surface area contributed by atoms with Crippen LogP contribution in [0.3, 0.4) is 0 Å². The lowest BCUT2D eigenvalue weighted by molar-refractivity contribution is -0.268. The molecule has 0 aliphatic carbocycles. The fourth-order valence-corrected chi connectivity index (χ4v) is 6.84. The van der Waals surface area contributed by atoms with Gasteiger partial charge in [-0.3, -0.25) is 0 Å². The number of aromatic carboxylic acids is 1. The lowest BCUT2D eigenvalue weighted by Crippen LogP contribution is -2.38. The highest BCUT2D eigenvalue weighted by Gasteiger charge is 2.38. The first-order valence-electron chi connectivity index (χ1n) is 16.3. The molecule has 1 fully saturated rings. The van der Waals surface area contributed by atoms with Gasteiger partial charge >= 0.3 is 12.0 Å². The molecule has 0 radical (unpaired) electrons. The molecule has 1 aliphatic rings. The number of thioether (sulfide) groups is 1. The van der Waals surface area contributed by atoms with Crippen LogP contribution in [0.2, 0.25) is 0 Å². The van der Waals surface area contributed by atoms with E-state index >= 15 is 0 Å². The highest BCUT2D eigenvalue weighted by atomic mass is 32.2. The summed E-state index contributed by atoms with van der Waals surface area (Å²) in [6, 6.07) is 38.7. The molecule has 1 saturated heterocycles. The maximum absolute atomic E-state index is 12.6. The number of carboxylic acid groups (broad SMARTS) is 1. The molecule has 4 atom stereocenters. The number of carbonyl (C=O) groups is 2. The van der Waals surface area contributed by atoms with Gasteiger partial charge in [0.2, 0.25) is 0 Å². The predicted octanol–water partition coefficient (Wildman–Crippen LogP) is 8.57. The van der Waals surface area contributed by atoms with Crippen molar-refractivity contribution >= 4 is 29.4 Å². The summed E-state index contributed by atoms with van der Waals surface area (Å²) >= 11 is 1.45. The van der Waals surface area contributed by atoms with Crippen LogP contribution in [0.1, 0.15) is 51.9 Å². The first kappa shape index (κ1) is 34.7. The van der Waals surface area contributed by atoms with E-state index in [4.69, 9.17) is 14.2 Å². The number of aliphatic hydroxyl groups excluding tert-OH is 1. The van der Waals surface area contributed by atoms with E-state index in [9.17, 15) is 19.8 Å². The van der Waals surface area contributed by atoms with Gasteiger partial charge in [0.1, 0.15) is 11.5 Å². The summed E-state index contributed by atoms with van der Waals surface area (Å²) in [6.45, 7) is 2.34. The van der Waals surface area contributed by atoms with Gasteiger partial charge in [-0.2, -0.15) is 0 Å². The fourth-order valence-electron chi connectivity index (χ4n) is 5.63. The Kier molecular flexibility index (Phi) is 11.5. The van der Waals surface area contributed by atoms with Crippen molar-refractivity contribution in [3.05, 3.63) is 155 Å². The van der Waals surface area contributed by atoms with Crippen LogP contribution in [0.4, 0.5) is 10.5 Å². The number of hydrogen-bond donors (Lipinski definition) is 4. The summed E-state index contributed by atoms with van der Waals surface area (Å²) in [5, 5.41) is 25.0. The van der Waals surface area contributed by atoms with Gasteiger partial charge in [0.05, 0.1) is 24.4 Å². The smallest absolute Gasteiger partial charge is 0.336 e. The molecule has 9 nitrogen and oxygen atoms in total. The van der Waals surface area contributed by atoms with Crippen LogP contribution >= 0.6 is 11.8 Å². The molecule has 0 spiro atoms. The minimum atomic E-state index is -0.968. The van der Waals surface area contributed by atoms with Crippen molar-refractivity contribution in [3.8, 4) is 11.5 Å². The second-order valence-electron chi connectivity index (χ2n) is 11.9. The van der Waals surface area contributed by atoms with E-state index in [1.54, 1.807) is 36.4 Å². The highest BCUT2D eigenvalue weighted by Crippen LogP contribution is 2.43. The number of ether oxygens (including phenoxy) is 3.